The predicted octanol–water partition coefficient (Wildman–Crippen LogP) is 9.37. The fraction of sp³-hybridized carbons (Fsp3) is 0.547. The second-order valence-corrected chi connectivity index (χ2v) is 21.0. The summed E-state index contributed by atoms with van der Waals surface area (Å²) in [6.45, 7) is 14.0. The average molecular weight is 979 g/mol. The van der Waals surface area contributed by atoms with E-state index in [1.54, 1.807) is 9.80 Å². The summed E-state index contributed by atoms with van der Waals surface area (Å²) in [7, 11) is 2.55. The quantitative estimate of drug-likeness (QED) is 0.0941. The second kappa shape index (κ2) is 20.3. The molecule has 16 nitrogen and oxygen atoms in total. The maximum atomic E-state index is 16.7. The number of benzene rings is 3. The van der Waals surface area contributed by atoms with Gasteiger partial charge >= 0.3 is 12.2 Å². The van der Waals surface area contributed by atoms with Crippen molar-refractivity contribution >= 4 is 57.4 Å². The van der Waals surface area contributed by atoms with Crippen molar-refractivity contribution in [2.45, 2.75) is 123 Å². The van der Waals surface area contributed by atoms with Crippen LogP contribution in [-0.2, 0) is 19.1 Å². The first kappa shape index (κ1) is 49.5. The van der Waals surface area contributed by atoms with Crippen LogP contribution in [0.5, 0.6) is 0 Å². The molecule has 3 aromatic carbocycles. The van der Waals surface area contributed by atoms with Gasteiger partial charge in [-0.05, 0) is 116 Å². The third kappa shape index (κ3) is 9.82. The third-order valence-corrected chi connectivity index (χ3v) is 15.2. The van der Waals surface area contributed by atoms with Crippen LogP contribution in [0.3, 0.4) is 0 Å². The molecule has 380 valence electrons. The maximum absolute atomic E-state index is 16.7. The van der Waals surface area contributed by atoms with Gasteiger partial charge in [0.1, 0.15) is 29.4 Å². The van der Waals surface area contributed by atoms with Crippen LogP contribution >= 0.6 is 0 Å². The lowest BCUT2D eigenvalue weighted by atomic mass is 9.91. The Balaban J connectivity index is 1.04. The Morgan fingerprint density at radius 3 is 1.49 bits per heavy atom. The fourth-order valence-corrected chi connectivity index (χ4v) is 11.9. The topological polar surface area (TPSA) is 181 Å². The van der Waals surface area contributed by atoms with E-state index in [-0.39, 0.29) is 53.5 Å². The number of anilines is 2. The Hall–Kier alpha value is -6.46. The van der Waals surface area contributed by atoms with Gasteiger partial charge in [-0.25, -0.2) is 28.3 Å². The van der Waals surface area contributed by atoms with Crippen LogP contribution in [0, 0.1) is 35.3 Å². The van der Waals surface area contributed by atoms with E-state index in [0.29, 0.717) is 81.0 Å². The minimum Gasteiger partial charge on any atom is -0.453 e. The molecular formula is C53H68F2N10O6. The number of ether oxygens (including phenoxy) is 2. The van der Waals surface area contributed by atoms with Crippen LogP contribution in [-0.4, -0.2) is 106 Å². The van der Waals surface area contributed by atoms with Gasteiger partial charge in [-0.1, -0.05) is 53.7 Å². The molecule has 4 aliphatic heterocycles. The minimum absolute atomic E-state index is 0.0118. The summed E-state index contributed by atoms with van der Waals surface area (Å²) in [5.41, 5.74) is 5.35. The van der Waals surface area contributed by atoms with Crippen molar-refractivity contribution in [2.75, 3.05) is 50.2 Å². The van der Waals surface area contributed by atoms with Crippen LogP contribution < -0.4 is 20.4 Å². The molecule has 9 rings (SSSR count). The van der Waals surface area contributed by atoms with Gasteiger partial charge in [0.2, 0.25) is 11.8 Å². The highest BCUT2D eigenvalue weighted by atomic mass is 19.1. The van der Waals surface area contributed by atoms with E-state index < -0.39 is 35.9 Å². The number of H-pyrrole nitrogens is 2. The van der Waals surface area contributed by atoms with Gasteiger partial charge in [0, 0.05) is 31.9 Å². The van der Waals surface area contributed by atoms with Crippen LogP contribution in [0.4, 0.5) is 29.7 Å². The molecule has 4 fully saturated rings. The number of alkyl carbamates (subject to hydrolysis) is 2. The smallest absolute Gasteiger partial charge is 0.407 e. The Bertz CT molecular complexity index is 2620. The van der Waals surface area contributed by atoms with Gasteiger partial charge in [-0.3, -0.25) is 9.59 Å². The molecule has 5 aromatic rings. The van der Waals surface area contributed by atoms with Crippen molar-refractivity contribution in [2.24, 2.45) is 23.7 Å². The molecule has 0 bridgehead atoms. The molecule has 2 aromatic heterocycles. The number of fused-ring (bicyclic) bond motifs is 2. The van der Waals surface area contributed by atoms with Crippen molar-refractivity contribution in [3.8, 4) is 0 Å². The number of methoxy groups -OCH3 is 2. The molecule has 4 aliphatic rings. The average Bonchev–Trinajstić information content (AvgIpc) is 4.19. The van der Waals surface area contributed by atoms with E-state index in [4.69, 9.17) is 19.4 Å². The van der Waals surface area contributed by atoms with E-state index in [9.17, 15) is 19.2 Å². The summed E-state index contributed by atoms with van der Waals surface area (Å²) in [4.78, 5) is 76.9. The minimum atomic E-state index is -0.763. The Morgan fingerprint density at radius 2 is 1.08 bits per heavy atom. The number of aromatic amines is 2. The number of rotatable bonds is 12. The number of halogens is 2. The van der Waals surface area contributed by atoms with E-state index >= 15 is 8.78 Å². The largest absolute Gasteiger partial charge is 0.453 e. The number of carbonyl (C=O) groups is 4. The molecule has 0 aliphatic carbocycles. The van der Waals surface area contributed by atoms with Gasteiger partial charge in [-0.15, -0.1) is 0 Å². The van der Waals surface area contributed by atoms with Crippen LogP contribution in [0.25, 0.3) is 22.1 Å². The first-order chi connectivity index (χ1) is 34.0. The van der Waals surface area contributed by atoms with Crippen LogP contribution in [0.2, 0.25) is 0 Å². The van der Waals surface area contributed by atoms with E-state index in [0.717, 1.165) is 52.5 Å². The molecule has 0 saturated carbocycles. The summed E-state index contributed by atoms with van der Waals surface area (Å²) in [6.07, 6.45) is 4.01. The summed E-state index contributed by atoms with van der Waals surface area (Å²) in [5.74, 6) is -0.00765. The molecule has 71 heavy (non-hydrogen) atoms. The van der Waals surface area contributed by atoms with Crippen molar-refractivity contribution in [1.82, 2.24) is 40.4 Å². The normalized spacial score (nSPS) is 23.5. The molecule has 4 saturated heterocycles. The molecule has 2 unspecified atom stereocenters. The molecule has 4 N–H and O–H groups in total. The van der Waals surface area contributed by atoms with Gasteiger partial charge in [0.05, 0.1) is 60.5 Å². The molecular weight excluding hydrogens is 911 g/mol. The zero-order chi connectivity index (χ0) is 50.4. The zero-order valence-electron chi connectivity index (χ0n) is 42.1. The lowest BCUT2D eigenvalue weighted by Gasteiger charge is -2.38. The van der Waals surface area contributed by atoms with Gasteiger partial charge in [0.15, 0.2) is 11.6 Å². The van der Waals surface area contributed by atoms with Gasteiger partial charge < -0.3 is 49.7 Å². The highest BCUT2D eigenvalue weighted by Crippen LogP contribution is 2.49. The van der Waals surface area contributed by atoms with Crippen molar-refractivity contribution in [3.63, 3.8) is 0 Å². The number of likely N-dealkylation sites (tertiary alicyclic amines) is 2. The number of aromatic nitrogens is 4. The molecule has 0 spiro atoms. The number of amides is 4. The Labute approximate surface area is 413 Å². The summed E-state index contributed by atoms with van der Waals surface area (Å²) in [5, 5.41) is 5.43. The molecule has 8 atom stereocenters. The molecule has 4 amide bonds. The number of hydrogen-bond donors (Lipinski definition) is 4. The van der Waals surface area contributed by atoms with Crippen molar-refractivity contribution in [3.05, 3.63) is 82.9 Å². The lowest BCUT2D eigenvalue weighted by Crippen LogP contribution is -2.51. The molecule has 0 radical (unpaired) electrons. The number of imidazole rings is 2. The number of nitrogens with one attached hydrogen (secondary N) is 4. The molecule has 18 heteroatoms. The fourth-order valence-electron chi connectivity index (χ4n) is 11.9. The van der Waals surface area contributed by atoms with Gasteiger partial charge in [0.25, 0.3) is 0 Å². The third-order valence-electron chi connectivity index (χ3n) is 15.2. The van der Waals surface area contributed by atoms with Gasteiger partial charge in [-0.2, -0.15) is 0 Å². The maximum Gasteiger partial charge on any atom is 0.407 e. The first-order valence-corrected chi connectivity index (χ1v) is 25.3. The van der Waals surface area contributed by atoms with E-state index in [1.807, 2.05) is 56.9 Å². The highest BCUT2D eigenvalue weighted by molar-refractivity contribution is 5.88. The number of carbonyl (C=O) groups excluding carboxylic acids is 4. The summed E-state index contributed by atoms with van der Waals surface area (Å²) < 4.78 is 43.0. The van der Waals surface area contributed by atoms with Crippen LogP contribution in [0.1, 0.15) is 133 Å². The number of hydrogen-bond acceptors (Lipinski definition) is 10. The SMILES string of the molecule is COC(=O)N[C@H](C(=O)N1CCC[C@H]1c1nc2ccc([C@H]3CC[C@H](c4ccc5nc([C@@H]6CCCN6C(=O)[C@@H](NC(=O)OC)C(C)C)[nH]c5c4)N3c3cc(F)c(N4CC(C)CC(C)C4)c(F)c3)cc2[nH]1)C(C)C. The first-order valence-electron chi connectivity index (χ1n) is 25.3. The number of nitrogens with zero attached hydrogens (tertiary/aromatic N) is 6. The molecule has 6 heterocycles. The lowest BCUT2D eigenvalue weighted by molar-refractivity contribution is -0.136. The van der Waals surface area contributed by atoms with Crippen molar-refractivity contribution in [1.29, 1.82) is 0 Å². The number of piperidine rings is 1. The van der Waals surface area contributed by atoms with Crippen molar-refractivity contribution < 1.29 is 37.4 Å². The summed E-state index contributed by atoms with van der Waals surface area (Å²) in [6, 6.07) is 12.3. The van der Waals surface area contributed by atoms with Crippen LogP contribution in [0.15, 0.2) is 48.5 Å². The summed E-state index contributed by atoms with van der Waals surface area (Å²) >= 11 is 0. The monoisotopic (exact) mass is 979 g/mol. The Morgan fingerprint density at radius 1 is 0.648 bits per heavy atom. The Kier molecular flexibility index (Phi) is 14.2. The second-order valence-electron chi connectivity index (χ2n) is 21.0. The van der Waals surface area contributed by atoms with E-state index in [2.05, 4.69) is 51.5 Å². The standard InChI is InChI=1S/C53H68F2N10O6/c1-28(2)45(60-52(68)70-7)50(66)63-19-9-11-43(63)48-56-37-15-13-32(22-39(37)58-48)41-17-18-42(65(41)34-24-35(54)47(36(55)25-34)62-26-30(5)21-31(6)27-62)33-14-16-38-40(23-33)59-49(57-38)44-12-10-20-64(44)51(67)46(29(3)4)61-53(69)71-8/h13-16,22-25,28-31,41-46H,9-12,17-21,26-27H2,1-8H3,(H,56,58)(H,57,59)(H,60,68)(H,61,69)/t30?,31?,41-,42-,43+,44+,45+,46+/m1/s1. The predicted molar refractivity (Wildman–Crippen MR) is 267 cm³/mol. The highest BCUT2D eigenvalue weighted by Gasteiger charge is 2.41. The zero-order valence-corrected chi connectivity index (χ0v) is 42.1. The van der Waals surface area contributed by atoms with E-state index in [1.165, 1.54) is 26.4 Å².